The molecule has 7 nitrogen and oxygen atoms in total. The fourth-order valence-corrected chi connectivity index (χ4v) is 2.92. The second-order valence-corrected chi connectivity index (χ2v) is 5.67. The van der Waals surface area contributed by atoms with Gasteiger partial charge in [0, 0.05) is 25.3 Å². The highest BCUT2D eigenvalue weighted by Gasteiger charge is 2.30. The Morgan fingerprint density at radius 3 is 2.70 bits per heavy atom. The van der Waals surface area contributed by atoms with Gasteiger partial charge in [0.25, 0.3) is 5.91 Å². The summed E-state index contributed by atoms with van der Waals surface area (Å²) in [5.41, 5.74) is 0.422. The van der Waals surface area contributed by atoms with Crippen LogP contribution in [0.25, 0.3) is 0 Å². The number of carbonyl (C=O) groups is 2. The van der Waals surface area contributed by atoms with Crippen LogP contribution in [0.2, 0.25) is 0 Å². The first-order chi connectivity index (χ1) is 11.1. The Hall–Kier alpha value is -2.28. The van der Waals surface area contributed by atoms with Crippen molar-refractivity contribution in [3.63, 3.8) is 0 Å². The minimum atomic E-state index is -0.886. The largest absolute Gasteiger partial charge is 0.481 e. The highest BCUT2D eigenvalue weighted by atomic mass is 16.7. The van der Waals surface area contributed by atoms with Gasteiger partial charge in [-0.15, -0.1) is 0 Å². The van der Waals surface area contributed by atoms with Crippen molar-refractivity contribution >= 4 is 11.9 Å². The van der Waals surface area contributed by atoms with Gasteiger partial charge in [-0.25, -0.2) is 0 Å². The molecule has 1 fully saturated rings. The van der Waals surface area contributed by atoms with Crippen molar-refractivity contribution in [3.05, 3.63) is 23.8 Å². The van der Waals surface area contributed by atoms with E-state index < -0.39 is 11.9 Å². The number of carbonyl (C=O) groups excluding carboxylic acids is 1. The Kier molecular flexibility index (Phi) is 4.66. The molecule has 124 valence electrons. The molecule has 0 saturated carbocycles. The molecule has 2 heterocycles. The predicted molar refractivity (Wildman–Crippen MR) is 79.6 cm³/mol. The summed E-state index contributed by atoms with van der Waals surface area (Å²) < 4.78 is 15.7. The van der Waals surface area contributed by atoms with Gasteiger partial charge in [-0.3, -0.25) is 9.59 Å². The lowest BCUT2D eigenvalue weighted by Crippen LogP contribution is -2.38. The lowest BCUT2D eigenvalue weighted by molar-refractivity contribution is -0.144. The SMILES string of the molecule is O=C(NCC(C(=O)O)C1CCOCC1)c1ccc2c(c1)OCO2. The summed E-state index contributed by atoms with van der Waals surface area (Å²) in [6.07, 6.45) is 1.41. The summed E-state index contributed by atoms with van der Waals surface area (Å²) in [7, 11) is 0. The summed E-state index contributed by atoms with van der Waals surface area (Å²) >= 11 is 0. The molecule has 1 saturated heterocycles. The predicted octanol–water partition coefficient (Wildman–Crippen LogP) is 1.27. The van der Waals surface area contributed by atoms with Crippen LogP contribution < -0.4 is 14.8 Å². The second-order valence-electron chi connectivity index (χ2n) is 5.67. The number of hydrogen-bond donors (Lipinski definition) is 2. The molecule has 7 heteroatoms. The van der Waals surface area contributed by atoms with Crippen molar-refractivity contribution in [2.45, 2.75) is 12.8 Å². The van der Waals surface area contributed by atoms with E-state index in [9.17, 15) is 14.7 Å². The van der Waals surface area contributed by atoms with E-state index in [1.807, 2.05) is 0 Å². The van der Waals surface area contributed by atoms with Crippen LogP contribution >= 0.6 is 0 Å². The van der Waals surface area contributed by atoms with E-state index in [4.69, 9.17) is 14.2 Å². The Balaban J connectivity index is 1.61. The number of benzene rings is 1. The number of fused-ring (bicyclic) bond motifs is 1. The van der Waals surface area contributed by atoms with Gasteiger partial charge in [-0.1, -0.05) is 0 Å². The van der Waals surface area contributed by atoms with Crippen molar-refractivity contribution in [3.8, 4) is 11.5 Å². The zero-order valence-corrected chi connectivity index (χ0v) is 12.6. The summed E-state index contributed by atoms with van der Waals surface area (Å²) in [6, 6.07) is 4.90. The molecule has 1 aromatic rings. The molecule has 0 radical (unpaired) electrons. The van der Waals surface area contributed by atoms with Crippen LogP contribution in [-0.4, -0.2) is 43.5 Å². The van der Waals surface area contributed by atoms with Crippen molar-refractivity contribution in [2.24, 2.45) is 11.8 Å². The van der Waals surface area contributed by atoms with Crippen molar-refractivity contribution in [2.75, 3.05) is 26.6 Å². The number of amides is 1. The first-order valence-electron chi connectivity index (χ1n) is 7.63. The van der Waals surface area contributed by atoms with Gasteiger partial charge < -0.3 is 24.6 Å². The zero-order valence-electron chi connectivity index (χ0n) is 12.6. The summed E-state index contributed by atoms with van der Waals surface area (Å²) in [6.45, 7) is 1.40. The number of carboxylic acids is 1. The highest BCUT2D eigenvalue weighted by molar-refractivity contribution is 5.95. The minimum Gasteiger partial charge on any atom is -0.481 e. The number of nitrogens with one attached hydrogen (secondary N) is 1. The Morgan fingerprint density at radius 1 is 1.22 bits per heavy atom. The fraction of sp³-hybridized carbons (Fsp3) is 0.500. The monoisotopic (exact) mass is 321 g/mol. The number of ether oxygens (including phenoxy) is 3. The molecule has 2 aliphatic heterocycles. The standard InChI is InChI=1S/C16H19NO6/c18-15(11-1-2-13-14(7-11)23-9-22-13)17-8-12(16(19)20)10-3-5-21-6-4-10/h1-2,7,10,12H,3-6,8-9H2,(H,17,18)(H,19,20). The van der Waals surface area contributed by atoms with Gasteiger partial charge in [-0.2, -0.15) is 0 Å². The lowest BCUT2D eigenvalue weighted by Gasteiger charge is -2.27. The normalized spacial score (nSPS) is 18.4. The number of rotatable bonds is 5. The molecule has 1 aromatic carbocycles. The maximum absolute atomic E-state index is 12.2. The number of carboxylic acid groups (broad SMARTS) is 1. The van der Waals surface area contributed by atoms with Crippen molar-refractivity contribution in [1.29, 1.82) is 0 Å². The molecular formula is C16H19NO6. The Morgan fingerprint density at radius 2 is 1.96 bits per heavy atom. The van der Waals surface area contributed by atoms with E-state index in [2.05, 4.69) is 5.32 Å². The van der Waals surface area contributed by atoms with Gasteiger partial charge >= 0.3 is 5.97 Å². The third-order valence-corrected chi connectivity index (χ3v) is 4.27. The van der Waals surface area contributed by atoms with Gasteiger partial charge in [-0.05, 0) is 37.0 Å². The van der Waals surface area contributed by atoms with E-state index in [1.165, 1.54) is 0 Å². The van der Waals surface area contributed by atoms with Crippen molar-refractivity contribution in [1.82, 2.24) is 5.32 Å². The summed E-state index contributed by atoms with van der Waals surface area (Å²) in [5.74, 6) is -0.649. The molecule has 0 bridgehead atoms. The topological polar surface area (TPSA) is 94.1 Å². The molecule has 2 N–H and O–H groups in total. The molecule has 0 aromatic heterocycles. The zero-order chi connectivity index (χ0) is 16.2. The Labute approximate surface area is 133 Å². The van der Waals surface area contributed by atoms with Crippen LogP contribution in [-0.2, 0) is 9.53 Å². The van der Waals surface area contributed by atoms with Crippen molar-refractivity contribution < 1.29 is 28.9 Å². The minimum absolute atomic E-state index is 0.0262. The first-order valence-corrected chi connectivity index (χ1v) is 7.63. The van der Waals surface area contributed by atoms with Gasteiger partial charge in [0.15, 0.2) is 11.5 Å². The summed E-state index contributed by atoms with van der Waals surface area (Å²) in [5, 5.41) is 12.1. The Bertz CT molecular complexity index is 596. The molecule has 0 aliphatic carbocycles. The number of aliphatic carboxylic acids is 1. The second kappa shape index (κ2) is 6.87. The molecule has 0 spiro atoms. The van der Waals surface area contributed by atoms with Gasteiger partial charge in [0.05, 0.1) is 5.92 Å². The van der Waals surface area contributed by atoms with E-state index >= 15 is 0 Å². The van der Waals surface area contributed by atoms with Crippen LogP contribution in [0, 0.1) is 11.8 Å². The molecule has 1 atom stereocenters. The quantitative estimate of drug-likeness (QED) is 0.848. The lowest BCUT2D eigenvalue weighted by atomic mass is 9.86. The van der Waals surface area contributed by atoms with Gasteiger partial charge in [0.2, 0.25) is 6.79 Å². The molecule has 3 rings (SSSR count). The summed E-state index contributed by atoms with van der Waals surface area (Å²) in [4.78, 5) is 23.7. The first kappa shape index (κ1) is 15.6. The van der Waals surface area contributed by atoms with Crippen LogP contribution in [0.1, 0.15) is 23.2 Å². The van der Waals surface area contributed by atoms with E-state index in [0.29, 0.717) is 43.1 Å². The van der Waals surface area contributed by atoms with Crippen LogP contribution in [0.15, 0.2) is 18.2 Å². The fourth-order valence-electron chi connectivity index (χ4n) is 2.92. The number of hydrogen-bond acceptors (Lipinski definition) is 5. The third-order valence-electron chi connectivity index (χ3n) is 4.27. The van der Waals surface area contributed by atoms with Crippen LogP contribution in [0.5, 0.6) is 11.5 Å². The van der Waals surface area contributed by atoms with Gasteiger partial charge in [0.1, 0.15) is 0 Å². The van der Waals surface area contributed by atoms with Crippen LogP contribution in [0.3, 0.4) is 0 Å². The third kappa shape index (κ3) is 3.56. The molecule has 1 amide bonds. The molecule has 1 unspecified atom stereocenters. The van der Waals surface area contributed by atoms with Crippen LogP contribution in [0.4, 0.5) is 0 Å². The average Bonchev–Trinajstić information content (AvgIpc) is 3.03. The maximum Gasteiger partial charge on any atom is 0.308 e. The van der Waals surface area contributed by atoms with E-state index in [0.717, 1.165) is 0 Å². The van der Waals surface area contributed by atoms with E-state index in [1.54, 1.807) is 18.2 Å². The molecule has 23 heavy (non-hydrogen) atoms. The average molecular weight is 321 g/mol. The smallest absolute Gasteiger partial charge is 0.308 e. The van der Waals surface area contributed by atoms with E-state index in [-0.39, 0.29) is 25.2 Å². The molecule has 2 aliphatic rings. The molecular weight excluding hydrogens is 302 g/mol. The highest BCUT2D eigenvalue weighted by Crippen LogP contribution is 2.32. The maximum atomic E-state index is 12.2.